The quantitative estimate of drug-likeness (QED) is 0.465. The summed E-state index contributed by atoms with van der Waals surface area (Å²) in [4.78, 5) is 0. The van der Waals surface area contributed by atoms with Crippen molar-refractivity contribution in [2.45, 2.75) is 91.0 Å². The molecule has 0 saturated heterocycles. The summed E-state index contributed by atoms with van der Waals surface area (Å²) < 4.78 is 0. The number of hydrogen-bond donors (Lipinski definition) is 1. The molecule has 0 amide bonds. The number of allylic oxidation sites excluding steroid dienone is 1. The molecule has 1 rings (SSSR count). The molecule has 2 N–H and O–H groups in total. The zero-order valence-electron chi connectivity index (χ0n) is 12.8. The van der Waals surface area contributed by atoms with Crippen LogP contribution in [0.4, 0.5) is 0 Å². The van der Waals surface area contributed by atoms with E-state index in [-0.39, 0.29) is 0 Å². The van der Waals surface area contributed by atoms with Gasteiger partial charge in [0.15, 0.2) is 0 Å². The van der Waals surface area contributed by atoms with Crippen molar-refractivity contribution >= 4 is 0 Å². The van der Waals surface area contributed by atoms with Crippen molar-refractivity contribution in [1.29, 1.82) is 0 Å². The maximum absolute atomic E-state index is 6.11. The largest absolute Gasteiger partial charge is 0.324 e. The average Bonchev–Trinajstić information content (AvgIpc) is 2.25. The van der Waals surface area contributed by atoms with Crippen LogP contribution in [0, 0.1) is 5.41 Å². The minimum Gasteiger partial charge on any atom is -0.324 e. The summed E-state index contributed by atoms with van der Waals surface area (Å²) in [6.07, 6.45) is 15.8. The van der Waals surface area contributed by atoms with Gasteiger partial charge >= 0.3 is 0 Å². The number of nitrogens with two attached hydrogens (primary N) is 1. The van der Waals surface area contributed by atoms with Crippen LogP contribution in [0.25, 0.3) is 0 Å². The van der Waals surface area contributed by atoms with Crippen LogP contribution >= 0.6 is 0 Å². The first kappa shape index (κ1) is 15.8. The number of hydrogen-bond acceptors (Lipinski definition) is 1. The van der Waals surface area contributed by atoms with E-state index in [0.717, 1.165) is 6.42 Å². The zero-order valence-corrected chi connectivity index (χ0v) is 12.8. The normalized spacial score (nSPS) is 22.9. The van der Waals surface area contributed by atoms with Gasteiger partial charge in [0, 0.05) is 6.04 Å². The molecule has 0 aromatic heterocycles. The first-order chi connectivity index (χ1) is 8.53. The molecule has 0 heterocycles. The minimum absolute atomic E-state index is 0.299. The van der Waals surface area contributed by atoms with E-state index in [1.165, 1.54) is 57.8 Å². The van der Waals surface area contributed by atoms with Crippen LogP contribution in [0.5, 0.6) is 0 Å². The van der Waals surface area contributed by atoms with E-state index >= 15 is 0 Å². The predicted molar refractivity (Wildman–Crippen MR) is 81.7 cm³/mol. The number of rotatable bonds is 8. The highest BCUT2D eigenvalue weighted by atomic mass is 14.6. The van der Waals surface area contributed by atoms with Crippen molar-refractivity contribution < 1.29 is 0 Å². The van der Waals surface area contributed by atoms with Crippen molar-refractivity contribution in [2.24, 2.45) is 11.1 Å². The molecule has 0 aromatic rings. The molecule has 0 aromatic carbocycles. The zero-order chi connectivity index (χ0) is 13.4. The van der Waals surface area contributed by atoms with E-state index in [0.29, 0.717) is 11.5 Å². The molecule has 0 saturated carbocycles. The topological polar surface area (TPSA) is 26.0 Å². The Balaban J connectivity index is 2.12. The van der Waals surface area contributed by atoms with Gasteiger partial charge in [-0.25, -0.2) is 0 Å². The van der Waals surface area contributed by atoms with Crippen molar-refractivity contribution in [3.8, 4) is 0 Å². The van der Waals surface area contributed by atoms with Gasteiger partial charge in [0.25, 0.3) is 0 Å². The summed E-state index contributed by atoms with van der Waals surface area (Å²) in [5.74, 6) is 0. The minimum atomic E-state index is 0.299. The Morgan fingerprint density at radius 1 is 1.11 bits per heavy atom. The van der Waals surface area contributed by atoms with Crippen molar-refractivity contribution in [3.05, 3.63) is 11.6 Å². The van der Waals surface area contributed by atoms with Crippen LogP contribution in [-0.2, 0) is 0 Å². The highest BCUT2D eigenvalue weighted by molar-refractivity contribution is 5.14. The standard InChI is InChI=1S/C17H33N/c1-4-5-6-7-8-9-10-11-15-12-16(18)14-17(2,3)13-15/h12,16H,4-11,13-14,18H2,1-3H3. The van der Waals surface area contributed by atoms with E-state index in [1.807, 2.05) is 0 Å². The van der Waals surface area contributed by atoms with Gasteiger partial charge < -0.3 is 5.73 Å². The molecule has 1 heteroatoms. The smallest absolute Gasteiger partial charge is 0.0231 e. The lowest BCUT2D eigenvalue weighted by Crippen LogP contribution is -2.30. The van der Waals surface area contributed by atoms with E-state index in [2.05, 4.69) is 26.8 Å². The fraction of sp³-hybridized carbons (Fsp3) is 0.882. The summed E-state index contributed by atoms with van der Waals surface area (Å²) in [6.45, 7) is 6.98. The average molecular weight is 251 g/mol. The lowest BCUT2D eigenvalue weighted by molar-refractivity contribution is 0.297. The highest BCUT2D eigenvalue weighted by Crippen LogP contribution is 2.36. The third-order valence-corrected chi connectivity index (χ3v) is 4.05. The molecule has 0 spiro atoms. The maximum atomic E-state index is 6.11. The highest BCUT2D eigenvalue weighted by Gasteiger charge is 2.26. The SMILES string of the molecule is CCCCCCCCCC1=CC(N)CC(C)(C)C1. The van der Waals surface area contributed by atoms with Crippen molar-refractivity contribution in [2.75, 3.05) is 0 Å². The van der Waals surface area contributed by atoms with E-state index in [4.69, 9.17) is 5.73 Å². The molecule has 18 heavy (non-hydrogen) atoms. The Morgan fingerprint density at radius 2 is 1.72 bits per heavy atom. The molecule has 0 fully saturated rings. The summed E-state index contributed by atoms with van der Waals surface area (Å²) in [5, 5.41) is 0. The monoisotopic (exact) mass is 251 g/mol. The summed E-state index contributed by atoms with van der Waals surface area (Å²) in [5.41, 5.74) is 8.15. The Labute approximate surface area is 114 Å². The van der Waals surface area contributed by atoms with Gasteiger partial charge in [-0.1, -0.05) is 70.9 Å². The Hall–Kier alpha value is -0.300. The van der Waals surface area contributed by atoms with Crippen LogP contribution in [-0.4, -0.2) is 6.04 Å². The van der Waals surface area contributed by atoms with Gasteiger partial charge in [0.2, 0.25) is 0 Å². The van der Waals surface area contributed by atoms with E-state index < -0.39 is 0 Å². The van der Waals surface area contributed by atoms with Crippen LogP contribution in [0.1, 0.15) is 85.0 Å². The van der Waals surface area contributed by atoms with Gasteiger partial charge in [-0.15, -0.1) is 0 Å². The molecule has 106 valence electrons. The second-order valence-electron chi connectivity index (χ2n) is 6.91. The second kappa shape index (κ2) is 7.99. The first-order valence-corrected chi connectivity index (χ1v) is 7.98. The molecule has 1 atom stereocenters. The molecule has 0 radical (unpaired) electrons. The molecular formula is C17H33N. The van der Waals surface area contributed by atoms with Gasteiger partial charge in [-0.05, 0) is 31.1 Å². The van der Waals surface area contributed by atoms with Gasteiger partial charge in [-0.3, -0.25) is 0 Å². The molecule has 1 nitrogen and oxygen atoms in total. The van der Waals surface area contributed by atoms with Gasteiger partial charge in [0.05, 0.1) is 0 Å². The van der Waals surface area contributed by atoms with Crippen LogP contribution in [0.2, 0.25) is 0 Å². The molecule has 1 aliphatic rings. The van der Waals surface area contributed by atoms with Crippen molar-refractivity contribution in [3.63, 3.8) is 0 Å². The molecule has 1 unspecified atom stereocenters. The lowest BCUT2D eigenvalue weighted by Gasteiger charge is -2.33. The Bertz CT molecular complexity index is 252. The Kier molecular flexibility index (Phi) is 6.99. The lowest BCUT2D eigenvalue weighted by atomic mass is 9.74. The molecular weight excluding hydrogens is 218 g/mol. The molecule has 0 bridgehead atoms. The summed E-state index contributed by atoms with van der Waals surface area (Å²) >= 11 is 0. The maximum Gasteiger partial charge on any atom is 0.0231 e. The van der Waals surface area contributed by atoms with Crippen LogP contribution < -0.4 is 5.73 Å². The second-order valence-corrected chi connectivity index (χ2v) is 6.91. The van der Waals surface area contributed by atoms with E-state index in [9.17, 15) is 0 Å². The van der Waals surface area contributed by atoms with Crippen molar-refractivity contribution in [1.82, 2.24) is 0 Å². The Morgan fingerprint density at radius 3 is 2.33 bits per heavy atom. The van der Waals surface area contributed by atoms with Crippen LogP contribution in [0.15, 0.2) is 11.6 Å². The van der Waals surface area contributed by atoms with E-state index in [1.54, 1.807) is 5.57 Å². The molecule has 0 aliphatic heterocycles. The third kappa shape index (κ3) is 6.58. The summed E-state index contributed by atoms with van der Waals surface area (Å²) in [6, 6.07) is 0.299. The predicted octanol–water partition coefficient (Wildman–Crippen LogP) is 5.20. The van der Waals surface area contributed by atoms with Gasteiger partial charge in [-0.2, -0.15) is 0 Å². The summed E-state index contributed by atoms with van der Waals surface area (Å²) in [7, 11) is 0. The van der Waals surface area contributed by atoms with Crippen LogP contribution in [0.3, 0.4) is 0 Å². The fourth-order valence-electron chi connectivity index (χ4n) is 3.23. The number of unbranched alkanes of at least 4 members (excludes halogenated alkanes) is 6. The molecule has 1 aliphatic carbocycles. The van der Waals surface area contributed by atoms with Gasteiger partial charge in [0.1, 0.15) is 0 Å². The first-order valence-electron chi connectivity index (χ1n) is 7.98. The third-order valence-electron chi connectivity index (χ3n) is 4.05. The fourth-order valence-corrected chi connectivity index (χ4v) is 3.23.